The Labute approximate surface area is 216 Å². The fraction of sp³-hybridized carbons (Fsp3) is 0.517. The molecule has 8 heteroatoms. The lowest BCUT2D eigenvalue weighted by Gasteiger charge is -2.38. The van der Waals surface area contributed by atoms with Gasteiger partial charge >= 0.3 is 23.9 Å². The van der Waals surface area contributed by atoms with Gasteiger partial charge in [-0.1, -0.05) is 55.3 Å². The van der Waals surface area contributed by atoms with E-state index >= 15 is 0 Å². The van der Waals surface area contributed by atoms with Crippen LogP contribution in [0, 0.1) is 0 Å². The second-order valence-electron chi connectivity index (χ2n) is 10.3. The van der Waals surface area contributed by atoms with E-state index in [2.05, 4.69) is 0 Å². The van der Waals surface area contributed by atoms with Crippen molar-refractivity contribution in [3.05, 3.63) is 59.2 Å². The minimum absolute atomic E-state index is 0.125. The number of hydrogen-bond acceptors (Lipinski definition) is 8. The van der Waals surface area contributed by atoms with Gasteiger partial charge in [0.2, 0.25) is 0 Å². The van der Waals surface area contributed by atoms with E-state index in [9.17, 15) is 19.2 Å². The van der Waals surface area contributed by atoms with Crippen LogP contribution in [0.1, 0.15) is 88.5 Å². The van der Waals surface area contributed by atoms with Crippen LogP contribution in [0.4, 0.5) is 0 Å². The molecular formula is C29H32O8. The Kier molecular flexibility index (Phi) is 7.17. The molecule has 0 unspecified atom stereocenters. The van der Waals surface area contributed by atoms with E-state index in [1.54, 1.807) is 0 Å². The van der Waals surface area contributed by atoms with Crippen LogP contribution >= 0.6 is 0 Å². The fourth-order valence-corrected chi connectivity index (χ4v) is 5.64. The molecule has 8 nitrogen and oxygen atoms in total. The lowest BCUT2D eigenvalue weighted by atomic mass is 9.89. The number of carbonyl (C=O) groups is 4. The van der Waals surface area contributed by atoms with Crippen molar-refractivity contribution in [1.82, 2.24) is 0 Å². The largest absolute Gasteiger partial charge is 0.419 e. The van der Waals surface area contributed by atoms with E-state index in [0.717, 1.165) is 44.1 Å². The highest BCUT2D eigenvalue weighted by Crippen LogP contribution is 2.39. The molecule has 2 aliphatic heterocycles. The molecule has 1 aromatic rings. The summed E-state index contributed by atoms with van der Waals surface area (Å²) < 4.78 is 22.4. The van der Waals surface area contributed by atoms with Gasteiger partial charge in [0, 0.05) is 25.7 Å². The maximum atomic E-state index is 12.7. The number of ether oxygens (including phenoxy) is 4. The molecule has 0 aromatic heterocycles. The monoisotopic (exact) mass is 508 g/mol. The van der Waals surface area contributed by atoms with Crippen LogP contribution < -0.4 is 0 Å². The van der Waals surface area contributed by atoms with Crippen molar-refractivity contribution in [2.24, 2.45) is 0 Å². The Morgan fingerprint density at radius 2 is 0.973 bits per heavy atom. The predicted molar refractivity (Wildman–Crippen MR) is 131 cm³/mol. The summed E-state index contributed by atoms with van der Waals surface area (Å²) in [5.74, 6) is -5.16. The molecule has 0 bridgehead atoms. The van der Waals surface area contributed by atoms with Crippen molar-refractivity contribution in [1.29, 1.82) is 0 Å². The minimum atomic E-state index is -1.13. The van der Waals surface area contributed by atoms with Crippen LogP contribution in [-0.2, 0) is 38.1 Å². The molecule has 4 fully saturated rings. The second-order valence-corrected chi connectivity index (χ2v) is 10.3. The molecule has 2 saturated heterocycles. The fourth-order valence-electron chi connectivity index (χ4n) is 5.64. The van der Waals surface area contributed by atoms with Gasteiger partial charge in [-0.3, -0.25) is 0 Å². The summed E-state index contributed by atoms with van der Waals surface area (Å²) in [4.78, 5) is 51.0. The van der Waals surface area contributed by atoms with Crippen molar-refractivity contribution >= 4 is 23.9 Å². The van der Waals surface area contributed by atoms with Gasteiger partial charge in [0.1, 0.15) is 11.1 Å². The molecule has 4 aliphatic rings. The molecule has 37 heavy (non-hydrogen) atoms. The highest BCUT2D eigenvalue weighted by Gasteiger charge is 2.47. The van der Waals surface area contributed by atoms with Gasteiger partial charge in [-0.15, -0.1) is 0 Å². The molecule has 1 aromatic carbocycles. The lowest BCUT2D eigenvalue weighted by Crippen LogP contribution is -2.47. The summed E-state index contributed by atoms with van der Waals surface area (Å²) in [7, 11) is 0. The standard InChI is InChI=1S/C29H32O8/c30-24-22(25(31)35-28(34-24)16-6-2-7-17-28)14-12-21(20-10-4-1-5-11-20)13-15-23-26(32)36-29(37-27(23)33)18-8-3-9-19-29/h1,4-5,10-11,14-15,21H,2-3,6-9,12-13,16-19H2. The molecule has 2 spiro atoms. The molecule has 2 aliphatic carbocycles. The average Bonchev–Trinajstić information content (AvgIpc) is 2.88. The van der Waals surface area contributed by atoms with Crippen LogP contribution in [0.5, 0.6) is 0 Å². The SMILES string of the molecule is O=C1OC2(CCCCC2)OC(=O)C1=CCC(CC=C1C(=O)OC2(CCCCC2)OC1=O)c1ccccc1. The number of benzene rings is 1. The number of esters is 4. The van der Waals surface area contributed by atoms with Gasteiger partial charge in [0.05, 0.1) is 0 Å². The van der Waals surface area contributed by atoms with Crippen LogP contribution in [0.25, 0.3) is 0 Å². The second kappa shape index (κ2) is 10.5. The van der Waals surface area contributed by atoms with E-state index in [1.807, 2.05) is 30.3 Å². The molecule has 0 N–H and O–H groups in total. The van der Waals surface area contributed by atoms with E-state index in [-0.39, 0.29) is 17.1 Å². The van der Waals surface area contributed by atoms with Crippen molar-refractivity contribution in [3.63, 3.8) is 0 Å². The third kappa shape index (κ3) is 5.48. The van der Waals surface area contributed by atoms with Gasteiger partial charge in [-0.05, 0) is 50.0 Å². The molecule has 2 saturated carbocycles. The summed E-state index contributed by atoms with van der Waals surface area (Å²) in [6, 6.07) is 9.50. The maximum Gasteiger partial charge on any atom is 0.348 e. The van der Waals surface area contributed by atoms with Crippen molar-refractivity contribution < 1.29 is 38.1 Å². The molecule has 2 heterocycles. The van der Waals surface area contributed by atoms with Crippen LogP contribution in [-0.4, -0.2) is 35.5 Å². The normalized spacial score (nSPS) is 22.8. The topological polar surface area (TPSA) is 105 Å². The van der Waals surface area contributed by atoms with Gasteiger partial charge in [-0.25, -0.2) is 19.2 Å². The number of allylic oxidation sites excluding steroid dienone is 2. The van der Waals surface area contributed by atoms with Crippen molar-refractivity contribution in [3.8, 4) is 0 Å². The summed E-state index contributed by atoms with van der Waals surface area (Å²) in [6.45, 7) is 0. The Morgan fingerprint density at radius 1 is 0.595 bits per heavy atom. The zero-order chi connectivity index (χ0) is 25.9. The van der Waals surface area contributed by atoms with Crippen LogP contribution in [0.2, 0.25) is 0 Å². The molecule has 0 radical (unpaired) electrons. The third-order valence-corrected chi connectivity index (χ3v) is 7.71. The van der Waals surface area contributed by atoms with Crippen LogP contribution in [0.15, 0.2) is 53.6 Å². The molecule has 5 rings (SSSR count). The molecule has 0 atom stereocenters. The zero-order valence-corrected chi connectivity index (χ0v) is 20.9. The predicted octanol–water partition coefficient (Wildman–Crippen LogP) is 4.92. The Bertz CT molecular complexity index is 1010. The lowest BCUT2D eigenvalue weighted by molar-refractivity contribution is -0.246. The van der Waals surface area contributed by atoms with E-state index in [1.165, 1.54) is 12.2 Å². The van der Waals surface area contributed by atoms with Gasteiger partial charge in [0.15, 0.2) is 0 Å². The summed E-state index contributed by atoms with van der Waals surface area (Å²) in [5.41, 5.74) is 0.680. The minimum Gasteiger partial charge on any atom is -0.419 e. The third-order valence-electron chi connectivity index (χ3n) is 7.71. The Morgan fingerprint density at radius 3 is 1.35 bits per heavy atom. The highest BCUT2D eigenvalue weighted by atomic mass is 16.8. The first-order valence-electron chi connectivity index (χ1n) is 13.3. The van der Waals surface area contributed by atoms with Crippen molar-refractivity contribution in [2.75, 3.05) is 0 Å². The van der Waals surface area contributed by atoms with Gasteiger partial charge in [-0.2, -0.15) is 0 Å². The molecular weight excluding hydrogens is 476 g/mol. The summed E-state index contributed by atoms with van der Waals surface area (Å²) in [6.07, 6.45) is 11.2. The number of rotatable bonds is 5. The molecule has 0 amide bonds. The Hall–Kier alpha value is -3.42. The summed E-state index contributed by atoms with van der Waals surface area (Å²) >= 11 is 0. The maximum absolute atomic E-state index is 12.7. The van der Waals surface area contributed by atoms with E-state index < -0.39 is 35.5 Å². The zero-order valence-electron chi connectivity index (χ0n) is 20.9. The van der Waals surface area contributed by atoms with Crippen LogP contribution in [0.3, 0.4) is 0 Å². The highest BCUT2D eigenvalue weighted by molar-refractivity contribution is 6.16. The first-order valence-corrected chi connectivity index (χ1v) is 13.3. The van der Waals surface area contributed by atoms with Gasteiger partial charge < -0.3 is 18.9 Å². The molecule has 196 valence electrons. The van der Waals surface area contributed by atoms with E-state index in [0.29, 0.717) is 38.5 Å². The van der Waals surface area contributed by atoms with Gasteiger partial charge in [0.25, 0.3) is 11.6 Å². The summed E-state index contributed by atoms with van der Waals surface area (Å²) in [5, 5.41) is 0. The van der Waals surface area contributed by atoms with Crippen molar-refractivity contribution in [2.45, 2.75) is 94.5 Å². The Balaban J connectivity index is 1.31. The first-order chi connectivity index (χ1) is 17.9. The van der Waals surface area contributed by atoms with E-state index in [4.69, 9.17) is 18.9 Å². The quantitative estimate of drug-likeness (QED) is 0.313. The number of hydrogen-bond donors (Lipinski definition) is 0. The number of carbonyl (C=O) groups excluding carboxylic acids is 4. The first kappa shape index (κ1) is 25.2. The average molecular weight is 509 g/mol. The smallest absolute Gasteiger partial charge is 0.348 e.